The number of benzene rings is 3. The van der Waals surface area contributed by atoms with Crippen molar-refractivity contribution in [3.05, 3.63) is 140 Å². The zero-order valence-corrected chi connectivity index (χ0v) is 30.4. The number of piperidine rings is 1. The molecule has 0 aliphatic carbocycles. The molecule has 0 spiro atoms. The number of hydrogen-bond donors (Lipinski definition) is 0. The fourth-order valence-electron chi connectivity index (χ4n) is 6.51. The summed E-state index contributed by atoms with van der Waals surface area (Å²) in [7, 11) is -2.05. The Kier molecular flexibility index (Phi) is 9.91. The largest absolute Gasteiger partial charge is 0.497 e. The lowest BCUT2D eigenvalue weighted by Crippen LogP contribution is -2.39. The topological polar surface area (TPSA) is 125 Å². The first-order valence-corrected chi connectivity index (χ1v) is 19.2. The number of sulfonamides is 1. The number of allylic oxidation sites excluding steroid dienone is 1. The minimum atomic E-state index is -3.62. The van der Waals surface area contributed by atoms with Crippen molar-refractivity contribution in [1.29, 1.82) is 0 Å². The van der Waals surface area contributed by atoms with Crippen molar-refractivity contribution in [2.24, 2.45) is 4.99 Å². The van der Waals surface area contributed by atoms with Crippen molar-refractivity contribution in [2.75, 3.05) is 26.8 Å². The minimum Gasteiger partial charge on any atom is -0.497 e. The smallest absolute Gasteiger partial charge is 0.338 e. The minimum absolute atomic E-state index is 0.00864. The van der Waals surface area contributed by atoms with Crippen LogP contribution in [0.2, 0.25) is 0 Å². The Morgan fingerprint density at radius 3 is 2.38 bits per heavy atom. The van der Waals surface area contributed by atoms with Crippen LogP contribution in [0.1, 0.15) is 43.4 Å². The van der Waals surface area contributed by atoms with E-state index in [4.69, 9.17) is 19.6 Å². The lowest BCUT2D eigenvalue weighted by molar-refractivity contribution is -0.138. The van der Waals surface area contributed by atoms with E-state index in [1.165, 1.54) is 22.0 Å². The number of aromatic nitrogens is 3. The van der Waals surface area contributed by atoms with Gasteiger partial charge in [0.15, 0.2) is 4.80 Å². The van der Waals surface area contributed by atoms with Gasteiger partial charge in [-0.1, -0.05) is 72.9 Å². The van der Waals surface area contributed by atoms with Crippen LogP contribution in [0.4, 0.5) is 0 Å². The highest BCUT2D eigenvalue weighted by Crippen LogP contribution is 2.32. The normalized spacial score (nSPS) is 16.7. The van der Waals surface area contributed by atoms with Crippen molar-refractivity contribution < 1.29 is 22.7 Å². The summed E-state index contributed by atoms with van der Waals surface area (Å²) >= 11 is 1.21. The van der Waals surface area contributed by atoms with E-state index in [0.29, 0.717) is 56.3 Å². The molecule has 2 aromatic heterocycles. The average Bonchev–Trinajstić information content (AvgIpc) is 3.74. The van der Waals surface area contributed by atoms with E-state index in [-0.39, 0.29) is 22.6 Å². The van der Waals surface area contributed by atoms with Crippen LogP contribution < -0.4 is 19.6 Å². The zero-order valence-electron chi connectivity index (χ0n) is 28.8. The summed E-state index contributed by atoms with van der Waals surface area (Å²) in [6, 6.07) is 22.7. The van der Waals surface area contributed by atoms with Crippen LogP contribution in [-0.4, -0.2) is 59.8 Å². The average molecular weight is 736 g/mol. The van der Waals surface area contributed by atoms with Gasteiger partial charge in [-0.25, -0.2) is 22.9 Å². The van der Waals surface area contributed by atoms with E-state index in [2.05, 4.69) is 6.58 Å². The Morgan fingerprint density at radius 1 is 1.00 bits per heavy atom. The predicted octanol–water partition coefficient (Wildman–Crippen LogP) is 5.00. The standard InChI is InChI=1S/C39H37N5O6S2/c1-4-23-50-38(46)34-26(2)40-39-44(36(34)28-13-17-31(49-3)18-14-28)37(45)33(51-39)24-29-25-43(30-11-7-5-8-12-30)41-35(29)27-15-19-32(20-16-27)52(47,48)42-21-9-6-10-22-42/h4-5,7-8,11-20,24-25,36H,1,6,9-10,21-23H2,2-3H3/b33-24-. The summed E-state index contributed by atoms with van der Waals surface area (Å²) < 4.78 is 42.8. The third-order valence-electron chi connectivity index (χ3n) is 9.14. The highest BCUT2D eigenvalue weighted by Gasteiger charge is 2.33. The molecule has 2 aliphatic heterocycles. The van der Waals surface area contributed by atoms with Gasteiger partial charge < -0.3 is 9.47 Å². The molecule has 0 N–H and O–H groups in total. The second-order valence-corrected chi connectivity index (χ2v) is 15.4. The summed E-state index contributed by atoms with van der Waals surface area (Å²) in [6.45, 7) is 6.42. The van der Waals surface area contributed by atoms with Gasteiger partial charge in [0.1, 0.15) is 12.4 Å². The molecule has 266 valence electrons. The van der Waals surface area contributed by atoms with Crippen molar-refractivity contribution >= 4 is 33.4 Å². The van der Waals surface area contributed by atoms with Gasteiger partial charge in [-0.2, -0.15) is 9.40 Å². The third kappa shape index (κ3) is 6.70. The second-order valence-electron chi connectivity index (χ2n) is 12.4. The van der Waals surface area contributed by atoms with Gasteiger partial charge in [-0.05, 0) is 67.8 Å². The number of carbonyl (C=O) groups is 1. The number of nitrogens with zero attached hydrogens (tertiary/aromatic N) is 5. The molecule has 3 aromatic carbocycles. The first-order chi connectivity index (χ1) is 25.2. The lowest BCUT2D eigenvalue weighted by atomic mass is 9.96. The molecule has 11 nitrogen and oxygen atoms in total. The fraction of sp³-hybridized carbons (Fsp3) is 0.231. The maximum atomic E-state index is 14.4. The summed E-state index contributed by atoms with van der Waals surface area (Å²) in [4.78, 5) is 33.2. The Bertz CT molecular complexity index is 2460. The number of para-hydroxylation sites is 1. The number of esters is 1. The number of ether oxygens (including phenoxy) is 2. The molecule has 4 heterocycles. The van der Waals surface area contributed by atoms with E-state index in [1.807, 2.05) is 48.7 Å². The second kappa shape index (κ2) is 14.7. The molecule has 0 saturated carbocycles. The van der Waals surface area contributed by atoms with Crippen molar-refractivity contribution in [3.8, 4) is 22.7 Å². The van der Waals surface area contributed by atoms with Crippen LogP contribution >= 0.6 is 11.3 Å². The summed E-state index contributed by atoms with van der Waals surface area (Å²) in [5, 5.41) is 4.90. The van der Waals surface area contributed by atoms with E-state index < -0.39 is 22.0 Å². The van der Waals surface area contributed by atoms with Gasteiger partial charge in [-0.3, -0.25) is 9.36 Å². The van der Waals surface area contributed by atoms with Crippen LogP contribution in [0.15, 0.2) is 124 Å². The first-order valence-electron chi connectivity index (χ1n) is 16.9. The molecule has 7 rings (SSSR count). The van der Waals surface area contributed by atoms with Gasteiger partial charge >= 0.3 is 5.97 Å². The highest BCUT2D eigenvalue weighted by molar-refractivity contribution is 7.89. The van der Waals surface area contributed by atoms with Crippen LogP contribution in [0, 0.1) is 0 Å². The van der Waals surface area contributed by atoms with E-state index >= 15 is 0 Å². The van der Waals surface area contributed by atoms with Gasteiger partial charge in [0.05, 0.1) is 45.2 Å². The molecule has 1 saturated heterocycles. The first kappa shape index (κ1) is 35.1. The number of hydrogen-bond acceptors (Lipinski definition) is 9. The van der Waals surface area contributed by atoms with E-state index in [0.717, 1.165) is 24.9 Å². The molecular weight excluding hydrogens is 699 g/mol. The van der Waals surface area contributed by atoms with Crippen molar-refractivity contribution in [3.63, 3.8) is 0 Å². The Labute approximate surface area is 305 Å². The fourth-order valence-corrected chi connectivity index (χ4v) is 9.06. The number of thiazole rings is 1. The molecule has 1 unspecified atom stereocenters. The number of carbonyl (C=O) groups excluding carboxylic acids is 1. The van der Waals surface area contributed by atoms with Crippen molar-refractivity contribution in [2.45, 2.75) is 37.1 Å². The summed E-state index contributed by atoms with van der Waals surface area (Å²) in [6.07, 6.45) is 7.82. The Balaban J connectivity index is 1.35. The monoisotopic (exact) mass is 735 g/mol. The summed E-state index contributed by atoms with van der Waals surface area (Å²) in [5.41, 5.74) is 3.75. The van der Waals surface area contributed by atoms with Crippen LogP contribution in [0.3, 0.4) is 0 Å². The van der Waals surface area contributed by atoms with Crippen LogP contribution in [-0.2, 0) is 19.6 Å². The molecule has 2 aliphatic rings. The zero-order chi connectivity index (χ0) is 36.4. The Hall–Kier alpha value is -5.37. The van der Waals surface area contributed by atoms with E-state index in [9.17, 15) is 18.0 Å². The molecule has 0 amide bonds. The maximum absolute atomic E-state index is 14.4. The molecule has 1 atom stereocenters. The highest BCUT2D eigenvalue weighted by atomic mass is 32.2. The molecule has 5 aromatic rings. The maximum Gasteiger partial charge on any atom is 0.338 e. The number of rotatable bonds is 10. The third-order valence-corrected chi connectivity index (χ3v) is 12.0. The van der Waals surface area contributed by atoms with Crippen LogP contribution in [0.5, 0.6) is 5.75 Å². The molecule has 1 fully saturated rings. The Morgan fingerprint density at radius 2 is 1.71 bits per heavy atom. The number of methoxy groups -OCH3 is 1. The molecule has 52 heavy (non-hydrogen) atoms. The predicted molar refractivity (Wildman–Crippen MR) is 200 cm³/mol. The number of fused-ring (bicyclic) bond motifs is 1. The van der Waals surface area contributed by atoms with Gasteiger partial charge in [0.25, 0.3) is 5.56 Å². The van der Waals surface area contributed by atoms with Gasteiger partial charge in [0.2, 0.25) is 10.0 Å². The van der Waals surface area contributed by atoms with Crippen molar-refractivity contribution in [1.82, 2.24) is 18.7 Å². The lowest BCUT2D eigenvalue weighted by Gasteiger charge is -2.25. The quantitative estimate of drug-likeness (QED) is 0.146. The SMILES string of the molecule is C=CCOC(=O)C1=C(C)N=c2s/c(=C\c3cn(-c4ccccc4)nc3-c3ccc(S(=O)(=O)N4CCCCC4)cc3)c(=O)n2C1c1ccc(OC)cc1. The summed E-state index contributed by atoms with van der Waals surface area (Å²) in [5.74, 6) is 0.0427. The van der Waals surface area contributed by atoms with E-state index in [1.54, 1.807) is 65.5 Å². The molecule has 13 heteroatoms. The van der Waals surface area contributed by atoms with Gasteiger partial charge in [0, 0.05) is 30.4 Å². The van der Waals surface area contributed by atoms with Gasteiger partial charge in [-0.15, -0.1) is 0 Å². The van der Waals surface area contributed by atoms with Crippen LogP contribution in [0.25, 0.3) is 23.0 Å². The molecular formula is C39H37N5O6S2. The molecule has 0 bridgehead atoms. The molecule has 0 radical (unpaired) electrons.